The number of hydrogen-bond donors (Lipinski definition) is 0. The number of para-hydroxylation sites is 1. The smallest absolute Gasteiger partial charge is 0.323 e. The molecule has 0 saturated carbocycles. The Morgan fingerprint density at radius 2 is 1.69 bits per heavy atom. The standard InChI is InChI=1S/C20H22ClNO6S/c1-3-28-20(24)14-29(25,26)22(13-15-8-10-17(21)11-9-15)18-7-5-4-6-16(18)12-19(23)27-2/h4-11H,3,12-14H2,1-2H3. The zero-order valence-corrected chi connectivity index (χ0v) is 17.7. The Kier molecular flexibility index (Phi) is 8.04. The van der Waals surface area contributed by atoms with E-state index in [0.717, 1.165) is 4.31 Å². The summed E-state index contributed by atoms with van der Waals surface area (Å²) in [5.74, 6) is -2.17. The Morgan fingerprint density at radius 1 is 1.03 bits per heavy atom. The van der Waals surface area contributed by atoms with Gasteiger partial charge in [-0.05, 0) is 36.2 Å². The number of halogens is 1. The number of nitrogens with zero attached hydrogens (tertiary/aromatic N) is 1. The molecule has 156 valence electrons. The van der Waals surface area contributed by atoms with Gasteiger partial charge in [-0.1, -0.05) is 41.9 Å². The Morgan fingerprint density at radius 3 is 2.31 bits per heavy atom. The summed E-state index contributed by atoms with van der Waals surface area (Å²) in [5.41, 5.74) is 1.41. The van der Waals surface area contributed by atoms with Crippen molar-refractivity contribution in [1.29, 1.82) is 0 Å². The summed E-state index contributed by atoms with van der Waals surface area (Å²) in [7, 11) is -2.84. The van der Waals surface area contributed by atoms with Crippen molar-refractivity contribution in [2.45, 2.75) is 19.9 Å². The fraction of sp³-hybridized carbons (Fsp3) is 0.300. The number of carbonyl (C=O) groups excluding carboxylic acids is 2. The van der Waals surface area contributed by atoms with E-state index in [1.54, 1.807) is 55.5 Å². The number of methoxy groups -OCH3 is 1. The zero-order chi connectivity index (χ0) is 21.4. The van der Waals surface area contributed by atoms with Crippen LogP contribution in [0.25, 0.3) is 0 Å². The van der Waals surface area contributed by atoms with E-state index in [1.807, 2.05) is 0 Å². The van der Waals surface area contributed by atoms with Gasteiger partial charge in [-0.15, -0.1) is 0 Å². The molecule has 0 aromatic heterocycles. The largest absolute Gasteiger partial charge is 0.469 e. The van der Waals surface area contributed by atoms with E-state index < -0.39 is 27.7 Å². The van der Waals surface area contributed by atoms with E-state index in [4.69, 9.17) is 21.1 Å². The average Bonchev–Trinajstić information content (AvgIpc) is 2.67. The number of hydrogen-bond acceptors (Lipinski definition) is 6. The molecule has 0 N–H and O–H groups in total. The van der Waals surface area contributed by atoms with Crippen molar-refractivity contribution >= 4 is 39.3 Å². The molecule has 0 amide bonds. The molecule has 0 atom stereocenters. The predicted octanol–water partition coefficient (Wildman–Crippen LogP) is 2.96. The third kappa shape index (κ3) is 6.47. The average molecular weight is 440 g/mol. The Bertz CT molecular complexity index is 959. The summed E-state index contributed by atoms with van der Waals surface area (Å²) in [6.07, 6.45) is -0.112. The van der Waals surface area contributed by atoms with Crippen molar-refractivity contribution in [3.05, 3.63) is 64.7 Å². The summed E-state index contributed by atoms with van der Waals surface area (Å²) in [6.45, 7) is 1.63. The first-order valence-corrected chi connectivity index (χ1v) is 10.8. The summed E-state index contributed by atoms with van der Waals surface area (Å²) in [4.78, 5) is 23.7. The van der Waals surface area contributed by atoms with E-state index >= 15 is 0 Å². The van der Waals surface area contributed by atoms with Gasteiger partial charge in [0.1, 0.15) is 0 Å². The van der Waals surface area contributed by atoms with Crippen LogP contribution in [-0.2, 0) is 42.1 Å². The molecule has 0 bridgehead atoms. The van der Waals surface area contributed by atoms with Crippen LogP contribution in [0.1, 0.15) is 18.1 Å². The van der Waals surface area contributed by atoms with Crippen LogP contribution in [0.4, 0.5) is 5.69 Å². The maximum Gasteiger partial charge on any atom is 0.323 e. The van der Waals surface area contributed by atoms with Crippen molar-refractivity contribution in [3.8, 4) is 0 Å². The third-order valence-corrected chi connectivity index (χ3v) is 5.85. The highest BCUT2D eigenvalue weighted by Gasteiger charge is 2.28. The Balaban J connectivity index is 2.48. The molecule has 2 rings (SSSR count). The number of benzene rings is 2. The molecule has 2 aromatic rings. The Labute approximate surface area is 175 Å². The number of rotatable bonds is 9. The second kappa shape index (κ2) is 10.3. The van der Waals surface area contributed by atoms with Crippen molar-refractivity contribution in [2.24, 2.45) is 0 Å². The van der Waals surface area contributed by atoms with E-state index in [9.17, 15) is 18.0 Å². The summed E-state index contributed by atoms with van der Waals surface area (Å²) in [5, 5.41) is 0.515. The maximum absolute atomic E-state index is 13.1. The summed E-state index contributed by atoms with van der Waals surface area (Å²) >= 11 is 5.91. The van der Waals surface area contributed by atoms with Gasteiger partial charge in [0, 0.05) is 5.02 Å². The fourth-order valence-corrected chi connectivity index (χ4v) is 4.14. The highest BCUT2D eigenvalue weighted by Crippen LogP contribution is 2.27. The number of carbonyl (C=O) groups is 2. The highest BCUT2D eigenvalue weighted by molar-refractivity contribution is 7.93. The fourth-order valence-electron chi connectivity index (χ4n) is 2.65. The lowest BCUT2D eigenvalue weighted by Crippen LogP contribution is -2.36. The van der Waals surface area contributed by atoms with E-state index in [2.05, 4.69) is 0 Å². The Hall–Kier alpha value is -2.58. The molecule has 9 heteroatoms. The van der Waals surface area contributed by atoms with Gasteiger partial charge in [-0.3, -0.25) is 13.9 Å². The monoisotopic (exact) mass is 439 g/mol. The van der Waals surface area contributed by atoms with Crippen LogP contribution in [0, 0.1) is 0 Å². The quantitative estimate of drug-likeness (QED) is 0.558. The van der Waals surface area contributed by atoms with Crippen molar-refractivity contribution < 1.29 is 27.5 Å². The first-order chi connectivity index (χ1) is 13.8. The molecule has 7 nitrogen and oxygen atoms in total. The number of ether oxygens (including phenoxy) is 2. The minimum Gasteiger partial charge on any atom is -0.469 e. The maximum atomic E-state index is 13.1. The lowest BCUT2D eigenvalue weighted by molar-refractivity contribution is -0.140. The number of sulfonamides is 1. The molecule has 0 radical (unpaired) electrons. The van der Waals surface area contributed by atoms with Gasteiger partial charge in [0.25, 0.3) is 0 Å². The van der Waals surface area contributed by atoms with E-state index in [0.29, 0.717) is 16.1 Å². The molecule has 2 aromatic carbocycles. The van der Waals surface area contributed by atoms with Crippen LogP contribution < -0.4 is 4.31 Å². The molecule has 0 spiro atoms. The second-order valence-corrected chi connectivity index (χ2v) is 8.41. The highest BCUT2D eigenvalue weighted by atomic mass is 35.5. The molecule has 0 fully saturated rings. The first-order valence-electron chi connectivity index (χ1n) is 8.82. The van der Waals surface area contributed by atoms with E-state index in [1.165, 1.54) is 7.11 Å². The van der Waals surface area contributed by atoms with Gasteiger partial charge in [-0.25, -0.2) is 8.42 Å². The lowest BCUT2D eigenvalue weighted by Gasteiger charge is -2.26. The molecular weight excluding hydrogens is 418 g/mol. The molecule has 0 aliphatic carbocycles. The van der Waals surface area contributed by atoms with Gasteiger partial charge in [-0.2, -0.15) is 0 Å². The van der Waals surface area contributed by atoms with Crippen LogP contribution in [-0.4, -0.2) is 39.8 Å². The minimum atomic E-state index is -4.10. The SMILES string of the molecule is CCOC(=O)CS(=O)(=O)N(Cc1ccc(Cl)cc1)c1ccccc1CC(=O)OC. The van der Waals surface area contributed by atoms with Gasteiger partial charge in [0.2, 0.25) is 10.0 Å². The van der Waals surface area contributed by atoms with Crippen LogP contribution in [0.5, 0.6) is 0 Å². The van der Waals surface area contributed by atoms with Crippen LogP contribution in [0.2, 0.25) is 5.02 Å². The lowest BCUT2D eigenvalue weighted by atomic mass is 10.1. The van der Waals surface area contributed by atoms with Crippen LogP contribution in [0.15, 0.2) is 48.5 Å². The molecule has 29 heavy (non-hydrogen) atoms. The van der Waals surface area contributed by atoms with Gasteiger partial charge >= 0.3 is 11.9 Å². The first kappa shape index (κ1) is 22.7. The molecular formula is C20H22ClNO6S. The normalized spacial score (nSPS) is 11.0. The second-order valence-electron chi connectivity index (χ2n) is 6.08. The van der Waals surface area contributed by atoms with Crippen molar-refractivity contribution in [3.63, 3.8) is 0 Å². The molecule has 0 saturated heterocycles. The number of anilines is 1. The third-order valence-electron chi connectivity index (χ3n) is 4.00. The summed E-state index contributed by atoms with van der Waals surface area (Å²) in [6, 6.07) is 13.3. The molecule has 0 heterocycles. The minimum absolute atomic E-state index is 0.0446. The van der Waals surface area contributed by atoms with E-state index in [-0.39, 0.29) is 25.3 Å². The zero-order valence-electron chi connectivity index (χ0n) is 16.1. The van der Waals surface area contributed by atoms with Gasteiger partial charge < -0.3 is 9.47 Å². The molecule has 0 unspecified atom stereocenters. The molecule has 0 aliphatic heterocycles. The molecule has 0 aliphatic rings. The van der Waals surface area contributed by atoms with Gasteiger partial charge in [0.15, 0.2) is 5.75 Å². The topological polar surface area (TPSA) is 90.0 Å². The van der Waals surface area contributed by atoms with Crippen LogP contribution in [0.3, 0.4) is 0 Å². The van der Waals surface area contributed by atoms with Gasteiger partial charge in [0.05, 0.1) is 32.4 Å². The predicted molar refractivity (Wildman–Crippen MR) is 110 cm³/mol. The van der Waals surface area contributed by atoms with Crippen molar-refractivity contribution in [2.75, 3.05) is 23.8 Å². The number of esters is 2. The summed E-state index contributed by atoms with van der Waals surface area (Å²) < 4.78 is 36.8. The van der Waals surface area contributed by atoms with Crippen molar-refractivity contribution in [1.82, 2.24) is 0 Å². The van der Waals surface area contributed by atoms with Crippen LogP contribution >= 0.6 is 11.6 Å².